The first-order valence-corrected chi connectivity index (χ1v) is 6.36. The van der Waals surface area contributed by atoms with Crippen molar-refractivity contribution in [2.45, 2.75) is 25.8 Å². The molecule has 1 atom stereocenters. The van der Waals surface area contributed by atoms with E-state index in [-0.39, 0.29) is 0 Å². The van der Waals surface area contributed by atoms with E-state index in [4.69, 9.17) is 5.73 Å². The zero-order chi connectivity index (χ0) is 12.4. The average Bonchev–Trinajstić information content (AvgIpc) is 2.33. The van der Waals surface area contributed by atoms with Gasteiger partial charge < -0.3 is 15.5 Å². The Hall–Kier alpha value is -1.22. The number of benzene rings is 1. The molecule has 2 rings (SSSR count). The summed E-state index contributed by atoms with van der Waals surface area (Å²) in [5.74, 6) is 0. The Kier molecular flexibility index (Phi) is 3.57. The second-order valence-corrected chi connectivity index (χ2v) is 5.21. The fourth-order valence-corrected chi connectivity index (χ4v) is 2.54. The Morgan fingerprint density at radius 3 is 2.82 bits per heavy atom. The number of aryl methyl sites for hydroxylation is 1. The molecule has 1 unspecified atom stereocenters. The van der Waals surface area contributed by atoms with Gasteiger partial charge in [-0.2, -0.15) is 0 Å². The highest BCUT2D eigenvalue weighted by molar-refractivity contribution is 5.71. The number of hydrogen-bond donors (Lipinski definition) is 1. The molecule has 0 aromatic heterocycles. The van der Waals surface area contributed by atoms with Crippen LogP contribution in [0.5, 0.6) is 0 Å². The summed E-state index contributed by atoms with van der Waals surface area (Å²) < 4.78 is 0. The van der Waals surface area contributed by atoms with E-state index in [0.29, 0.717) is 6.04 Å². The number of hydrogen-bond acceptors (Lipinski definition) is 3. The fourth-order valence-electron chi connectivity index (χ4n) is 2.54. The van der Waals surface area contributed by atoms with E-state index < -0.39 is 0 Å². The first kappa shape index (κ1) is 12.2. The van der Waals surface area contributed by atoms with E-state index in [9.17, 15) is 0 Å². The summed E-state index contributed by atoms with van der Waals surface area (Å²) in [6, 6.07) is 6.95. The van der Waals surface area contributed by atoms with Crippen molar-refractivity contribution < 1.29 is 0 Å². The van der Waals surface area contributed by atoms with Crippen LogP contribution in [0.2, 0.25) is 0 Å². The third kappa shape index (κ3) is 2.55. The summed E-state index contributed by atoms with van der Waals surface area (Å²) in [4.78, 5) is 4.74. The van der Waals surface area contributed by atoms with E-state index in [1.807, 2.05) is 0 Å². The van der Waals surface area contributed by atoms with Crippen LogP contribution in [0.3, 0.4) is 0 Å². The molecule has 1 aliphatic rings. The molecule has 1 aliphatic heterocycles. The second-order valence-electron chi connectivity index (χ2n) is 5.21. The van der Waals surface area contributed by atoms with Crippen molar-refractivity contribution in [3.63, 3.8) is 0 Å². The smallest absolute Gasteiger partial charge is 0.0603 e. The van der Waals surface area contributed by atoms with Crippen LogP contribution in [-0.4, -0.2) is 38.1 Å². The monoisotopic (exact) mass is 233 g/mol. The van der Waals surface area contributed by atoms with E-state index in [0.717, 1.165) is 18.8 Å². The van der Waals surface area contributed by atoms with Gasteiger partial charge in [0.1, 0.15) is 0 Å². The third-order valence-electron chi connectivity index (χ3n) is 3.77. The van der Waals surface area contributed by atoms with Gasteiger partial charge in [0.05, 0.1) is 11.4 Å². The largest absolute Gasteiger partial charge is 0.397 e. The molecule has 0 amide bonds. The van der Waals surface area contributed by atoms with Crippen molar-refractivity contribution in [3.8, 4) is 0 Å². The number of rotatable bonds is 2. The molecule has 1 aromatic carbocycles. The summed E-state index contributed by atoms with van der Waals surface area (Å²) in [7, 11) is 4.32. The molecule has 0 spiro atoms. The quantitative estimate of drug-likeness (QED) is 0.794. The fraction of sp³-hybridized carbons (Fsp3) is 0.571. The maximum absolute atomic E-state index is 6.18. The van der Waals surface area contributed by atoms with Gasteiger partial charge >= 0.3 is 0 Å². The van der Waals surface area contributed by atoms with E-state index in [1.54, 1.807) is 0 Å². The van der Waals surface area contributed by atoms with Crippen molar-refractivity contribution in [1.29, 1.82) is 0 Å². The highest BCUT2D eigenvalue weighted by atomic mass is 15.2. The predicted molar refractivity (Wildman–Crippen MR) is 74.5 cm³/mol. The number of nitrogen functional groups attached to an aromatic ring is 1. The molecule has 1 fully saturated rings. The minimum absolute atomic E-state index is 0.642. The Morgan fingerprint density at radius 2 is 2.12 bits per heavy atom. The summed E-state index contributed by atoms with van der Waals surface area (Å²) in [5, 5.41) is 0. The molecular formula is C14H23N3. The van der Waals surface area contributed by atoms with Gasteiger partial charge in [0.2, 0.25) is 0 Å². The molecule has 1 aromatic rings. The number of likely N-dealkylation sites (N-methyl/N-ethyl adjacent to an activating group) is 1. The first-order chi connectivity index (χ1) is 8.09. The standard InChI is InChI=1S/C14H23N3/c1-11-6-4-8-13(14(11)15)17-9-5-7-12(10-17)16(2)3/h4,6,8,12H,5,7,9-10,15H2,1-3H3. The lowest BCUT2D eigenvalue weighted by molar-refractivity contribution is 0.258. The Morgan fingerprint density at radius 1 is 1.35 bits per heavy atom. The molecule has 94 valence electrons. The molecule has 0 radical (unpaired) electrons. The SMILES string of the molecule is Cc1cccc(N2CCCC(N(C)C)C2)c1N. The predicted octanol–water partition coefficient (Wildman–Crippen LogP) is 2.11. The second kappa shape index (κ2) is 4.96. The van der Waals surface area contributed by atoms with Gasteiger partial charge in [-0.25, -0.2) is 0 Å². The van der Waals surface area contributed by atoms with Crippen LogP contribution in [-0.2, 0) is 0 Å². The lowest BCUT2D eigenvalue weighted by Crippen LogP contribution is -2.45. The summed E-state index contributed by atoms with van der Waals surface area (Å²) in [5.41, 5.74) is 9.50. The van der Waals surface area contributed by atoms with Gasteiger partial charge in [-0.1, -0.05) is 12.1 Å². The van der Waals surface area contributed by atoms with Crippen molar-refractivity contribution in [1.82, 2.24) is 4.90 Å². The van der Waals surface area contributed by atoms with Gasteiger partial charge in [-0.3, -0.25) is 0 Å². The molecule has 1 saturated heterocycles. The van der Waals surface area contributed by atoms with Gasteiger partial charge in [-0.15, -0.1) is 0 Å². The maximum Gasteiger partial charge on any atom is 0.0603 e. The molecule has 3 nitrogen and oxygen atoms in total. The first-order valence-electron chi connectivity index (χ1n) is 6.36. The molecule has 17 heavy (non-hydrogen) atoms. The molecule has 0 saturated carbocycles. The summed E-state index contributed by atoms with van der Waals surface area (Å²) in [6.07, 6.45) is 2.53. The van der Waals surface area contributed by atoms with Crippen LogP contribution in [0.4, 0.5) is 11.4 Å². The normalized spacial score (nSPS) is 20.9. The van der Waals surface area contributed by atoms with Crippen molar-refractivity contribution in [2.75, 3.05) is 37.8 Å². The molecule has 3 heteroatoms. The van der Waals surface area contributed by atoms with Crippen LogP contribution < -0.4 is 10.6 Å². The average molecular weight is 233 g/mol. The Bertz CT molecular complexity index is 387. The van der Waals surface area contributed by atoms with E-state index in [1.165, 1.54) is 24.1 Å². The van der Waals surface area contributed by atoms with Crippen molar-refractivity contribution in [3.05, 3.63) is 23.8 Å². The number of nitrogens with two attached hydrogens (primary N) is 1. The molecule has 2 N–H and O–H groups in total. The van der Waals surface area contributed by atoms with Crippen LogP contribution >= 0.6 is 0 Å². The number of nitrogens with zero attached hydrogens (tertiary/aromatic N) is 2. The van der Waals surface area contributed by atoms with E-state index in [2.05, 4.69) is 49.0 Å². The highest BCUT2D eigenvalue weighted by Gasteiger charge is 2.22. The van der Waals surface area contributed by atoms with Crippen molar-refractivity contribution >= 4 is 11.4 Å². The van der Waals surface area contributed by atoms with Gasteiger partial charge in [0.25, 0.3) is 0 Å². The zero-order valence-electron chi connectivity index (χ0n) is 11.1. The number of anilines is 2. The van der Waals surface area contributed by atoms with Crippen LogP contribution in [0.15, 0.2) is 18.2 Å². The van der Waals surface area contributed by atoms with E-state index >= 15 is 0 Å². The Labute approximate surface area is 104 Å². The third-order valence-corrected chi connectivity index (χ3v) is 3.77. The lowest BCUT2D eigenvalue weighted by Gasteiger charge is -2.38. The number of piperidine rings is 1. The van der Waals surface area contributed by atoms with Crippen LogP contribution in [0.1, 0.15) is 18.4 Å². The summed E-state index contributed by atoms with van der Waals surface area (Å²) >= 11 is 0. The molecule has 1 heterocycles. The van der Waals surface area contributed by atoms with Gasteiger partial charge in [0.15, 0.2) is 0 Å². The van der Waals surface area contributed by atoms with Crippen LogP contribution in [0.25, 0.3) is 0 Å². The topological polar surface area (TPSA) is 32.5 Å². The van der Waals surface area contributed by atoms with Crippen molar-refractivity contribution in [2.24, 2.45) is 0 Å². The molecule has 0 aliphatic carbocycles. The lowest BCUT2D eigenvalue weighted by atomic mass is 10.0. The minimum Gasteiger partial charge on any atom is -0.397 e. The number of para-hydroxylation sites is 1. The zero-order valence-corrected chi connectivity index (χ0v) is 11.1. The van der Waals surface area contributed by atoms with Crippen LogP contribution in [0, 0.1) is 6.92 Å². The summed E-state index contributed by atoms with van der Waals surface area (Å²) in [6.45, 7) is 4.28. The minimum atomic E-state index is 0.642. The van der Waals surface area contributed by atoms with Gasteiger partial charge in [-0.05, 0) is 45.5 Å². The maximum atomic E-state index is 6.18. The molecule has 0 bridgehead atoms. The molecular weight excluding hydrogens is 210 g/mol. The Balaban J connectivity index is 2.19. The van der Waals surface area contributed by atoms with Gasteiger partial charge in [0, 0.05) is 19.1 Å². The highest BCUT2D eigenvalue weighted by Crippen LogP contribution is 2.29.